The molecule has 1 aliphatic rings. The molecule has 2 aromatic rings. The van der Waals surface area contributed by atoms with Gasteiger partial charge in [-0.05, 0) is 30.2 Å². The number of carboxylic acids is 1. The lowest BCUT2D eigenvalue weighted by atomic mass is 10.2. The van der Waals surface area contributed by atoms with Crippen molar-refractivity contribution in [3.8, 4) is 0 Å². The van der Waals surface area contributed by atoms with Gasteiger partial charge in [0, 0.05) is 29.6 Å². The number of carboxylic acid groups (broad SMARTS) is 1. The summed E-state index contributed by atoms with van der Waals surface area (Å²) in [4.78, 5) is 18.9. The van der Waals surface area contributed by atoms with Crippen LogP contribution in [0.1, 0.15) is 12.0 Å². The van der Waals surface area contributed by atoms with E-state index in [1.54, 1.807) is 12.3 Å². The van der Waals surface area contributed by atoms with Gasteiger partial charge in [-0.2, -0.15) is 25.8 Å². The van der Waals surface area contributed by atoms with E-state index in [-0.39, 0.29) is 35.4 Å². The Bertz CT molecular complexity index is 953. The Morgan fingerprint density at radius 2 is 1.88 bits per heavy atom. The molecule has 0 amide bonds. The molecule has 6 nitrogen and oxygen atoms in total. The molecule has 2 heterocycles. The molecule has 0 aliphatic carbocycles. The van der Waals surface area contributed by atoms with Crippen LogP contribution in [0.3, 0.4) is 0 Å². The van der Waals surface area contributed by atoms with Gasteiger partial charge in [-0.15, -0.1) is 0 Å². The highest BCUT2D eigenvalue weighted by Gasteiger charge is 2.38. The maximum Gasteiger partial charge on any atom is 0.490 e. The molecule has 32 heavy (non-hydrogen) atoms. The highest BCUT2D eigenvalue weighted by Crippen LogP contribution is 2.28. The van der Waals surface area contributed by atoms with Crippen molar-refractivity contribution in [2.45, 2.75) is 30.5 Å². The van der Waals surface area contributed by atoms with Gasteiger partial charge in [0.1, 0.15) is 11.6 Å². The largest absolute Gasteiger partial charge is 0.490 e. The summed E-state index contributed by atoms with van der Waals surface area (Å²) in [6, 6.07) is 3.02. The van der Waals surface area contributed by atoms with E-state index in [0.717, 1.165) is 12.5 Å². The Kier molecular flexibility index (Phi) is 8.98. The highest BCUT2D eigenvalue weighted by atomic mass is 35.5. The van der Waals surface area contributed by atoms with Gasteiger partial charge >= 0.3 is 12.1 Å². The topological polar surface area (TPSA) is 75.5 Å². The maximum atomic E-state index is 13.6. The zero-order valence-corrected chi connectivity index (χ0v) is 17.6. The monoisotopic (exact) mass is 503 g/mol. The summed E-state index contributed by atoms with van der Waals surface area (Å²) in [7, 11) is 0. The van der Waals surface area contributed by atoms with E-state index in [2.05, 4.69) is 22.6 Å². The van der Waals surface area contributed by atoms with Crippen molar-refractivity contribution in [3.05, 3.63) is 52.7 Å². The first-order chi connectivity index (χ1) is 14.9. The van der Waals surface area contributed by atoms with Gasteiger partial charge in [0.25, 0.3) is 0 Å². The Hall–Kier alpha value is -2.25. The minimum absolute atomic E-state index is 0.0315. The van der Waals surface area contributed by atoms with Gasteiger partial charge < -0.3 is 14.7 Å². The molecule has 1 aliphatic heterocycles. The molecule has 3 rings (SSSR count). The fourth-order valence-electron chi connectivity index (χ4n) is 2.80. The number of hydrogen-bond acceptors (Lipinski definition) is 6. The van der Waals surface area contributed by atoms with Crippen LogP contribution < -0.4 is 4.90 Å². The molecule has 0 radical (unpaired) electrons. The van der Waals surface area contributed by atoms with Crippen LogP contribution in [-0.2, 0) is 16.1 Å². The summed E-state index contributed by atoms with van der Waals surface area (Å²) in [6.07, 6.45) is -2.78. The second kappa shape index (κ2) is 11.1. The summed E-state index contributed by atoms with van der Waals surface area (Å²) in [5.41, 5.74) is -0.0315. The number of thiol groups is 1. The number of ether oxygens (including phenoxy) is 1. The highest BCUT2D eigenvalue weighted by molar-refractivity contribution is 7.81. The van der Waals surface area contributed by atoms with Gasteiger partial charge in [-0.1, -0.05) is 0 Å². The zero-order chi connectivity index (χ0) is 24.1. The molecule has 1 fully saturated rings. The number of hydrogen-bond donors (Lipinski definition) is 2. The smallest absolute Gasteiger partial charge is 0.475 e. The zero-order valence-electron chi connectivity index (χ0n) is 16.0. The van der Waals surface area contributed by atoms with E-state index in [4.69, 9.17) is 26.2 Å². The summed E-state index contributed by atoms with van der Waals surface area (Å²) >= 11 is 10.3. The molecule has 14 heteroatoms. The van der Waals surface area contributed by atoms with Gasteiger partial charge in [0.05, 0.1) is 19.3 Å². The number of rotatable bonds is 5. The molecule has 176 valence electrons. The standard InChI is InChI=1S/C16H15ClF3N3OS.C2HF3O2/c17-16-21-2-1-15(22-16)23-6-11(25)4-10(23)8-24-7-9-3-13(19)14(20)5-12(9)18;3-2(4,5)1(6)7/h1-3,5,10-11,25H,4,6-8H2;(H,6,7)/t10-,11+;/m0./s1. The number of carbonyl (C=O) groups is 1. The minimum atomic E-state index is -5.08. The van der Waals surface area contributed by atoms with Crippen LogP contribution in [0.15, 0.2) is 24.4 Å². The molecule has 1 N–H and O–H groups in total. The average Bonchev–Trinajstić information content (AvgIpc) is 3.06. The van der Waals surface area contributed by atoms with Crippen LogP contribution in [0.4, 0.5) is 32.2 Å². The van der Waals surface area contributed by atoms with Crippen LogP contribution in [0.2, 0.25) is 5.28 Å². The van der Waals surface area contributed by atoms with E-state index in [0.29, 0.717) is 18.4 Å². The molecular formula is C18H16ClF6N3O3S. The lowest BCUT2D eigenvalue weighted by molar-refractivity contribution is -0.192. The van der Waals surface area contributed by atoms with E-state index in [1.807, 2.05) is 4.90 Å². The average molecular weight is 504 g/mol. The second-order valence-corrected chi connectivity index (χ2v) is 7.62. The van der Waals surface area contributed by atoms with Crippen molar-refractivity contribution in [2.75, 3.05) is 18.1 Å². The van der Waals surface area contributed by atoms with E-state index in [1.165, 1.54) is 0 Å². The first-order valence-corrected chi connectivity index (χ1v) is 9.72. The molecular weight excluding hydrogens is 488 g/mol. The molecule has 0 unspecified atom stereocenters. The molecule has 0 bridgehead atoms. The predicted molar refractivity (Wildman–Crippen MR) is 105 cm³/mol. The molecule has 2 atom stereocenters. The number of alkyl halides is 3. The molecule has 1 aromatic carbocycles. The molecule has 1 aromatic heterocycles. The molecule has 1 saturated heterocycles. The Morgan fingerprint density at radius 3 is 2.47 bits per heavy atom. The van der Waals surface area contributed by atoms with Crippen molar-refractivity contribution < 1.29 is 41.0 Å². The van der Waals surface area contributed by atoms with Gasteiger partial charge in [0.15, 0.2) is 11.6 Å². The number of benzene rings is 1. The number of halogens is 7. The first kappa shape index (κ1) is 26.0. The summed E-state index contributed by atoms with van der Waals surface area (Å²) in [5.74, 6) is -5.26. The van der Waals surface area contributed by atoms with E-state index >= 15 is 0 Å². The number of nitrogens with zero attached hydrogens (tertiary/aromatic N) is 3. The first-order valence-electron chi connectivity index (χ1n) is 8.83. The van der Waals surface area contributed by atoms with Crippen molar-refractivity contribution in [3.63, 3.8) is 0 Å². The van der Waals surface area contributed by atoms with Crippen LogP contribution in [-0.4, -0.2) is 51.7 Å². The van der Waals surface area contributed by atoms with Gasteiger partial charge in [0.2, 0.25) is 5.28 Å². The Labute approximate surface area is 188 Å². The van der Waals surface area contributed by atoms with Crippen molar-refractivity contribution in [2.24, 2.45) is 0 Å². The summed E-state index contributed by atoms with van der Waals surface area (Å²) < 4.78 is 77.1. The molecule has 0 spiro atoms. The van der Waals surface area contributed by atoms with Crippen molar-refractivity contribution in [1.29, 1.82) is 0 Å². The van der Waals surface area contributed by atoms with Crippen molar-refractivity contribution in [1.82, 2.24) is 9.97 Å². The lowest BCUT2D eigenvalue weighted by Crippen LogP contribution is -2.34. The van der Waals surface area contributed by atoms with Crippen LogP contribution >= 0.6 is 24.2 Å². The van der Waals surface area contributed by atoms with Crippen LogP contribution in [0.25, 0.3) is 0 Å². The third-order valence-electron chi connectivity index (χ3n) is 4.20. The lowest BCUT2D eigenvalue weighted by Gasteiger charge is -2.25. The number of aliphatic carboxylic acids is 1. The van der Waals surface area contributed by atoms with E-state index in [9.17, 15) is 26.3 Å². The van der Waals surface area contributed by atoms with E-state index < -0.39 is 29.6 Å². The predicted octanol–water partition coefficient (Wildman–Crippen LogP) is 4.27. The minimum Gasteiger partial charge on any atom is -0.475 e. The van der Waals surface area contributed by atoms with Gasteiger partial charge in [-0.25, -0.2) is 27.9 Å². The number of anilines is 1. The fraction of sp³-hybridized carbons (Fsp3) is 0.389. The quantitative estimate of drug-likeness (QED) is 0.275. The Morgan fingerprint density at radius 1 is 1.25 bits per heavy atom. The third-order valence-corrected chi connectivity index (χ3v) is 4.75. The van der Waals surface area contributed by atoms with Crippen LogP contribution in [0, 0.1) is 17.5 Å². The molecule has 0 saturated carbocycles. The van der Waals surface area contributed by atoms with Gasteiger partial charge in [-0.3, -0.25) is 0 Å². The van der Waals surface area contributed by atoms with Crippen LogP contribution in [0.5, 0.6) is 0 Å². The Balaban J connectivity index is 0.000000451. The fourth-order valence-corrected chi connectivity index (χ4v) is 3.36. The third kappa shape index (κ3) is 7.41. The summed E-state index contributed by atoms with van der Waals surface area (Å²) in [6.45, 7) is 0.760. The van der Waals surface area contributed by atoms with Crippen molar-refractivity contribution >= 4 is 36.0 Å². The maximum absolute atomic E-state index is 13.6. The second-order valence-electron chi connectivity index (χ2n) is 6.56. The number of aromatic nitrogens is 2. The SMILES string of the molecule is Fc1cc(F)c(COC[C@@H]2C[C@@H](S)CN2c2ccnc(Cl)n2)cc1F.O=C(O)C(F)(F)F. The normalized spacial score (nSPS) is 18.3. The summed E-state index contributed by atoms with van der Waals surface area (Å²) in [5, 5.41) is 7.39.